The summed E-state index contributed by atoms with van der Waals surface area (Å²) in [5.74, 6) is 1.32. The Labute approximate surface area is 116 Å². The van der Waals surface area contributed by atoms with Gasteiger partial charge >= 0.3 is 0 Å². The molecule has 0 fully saturated rings. The van der Waals surface area contributed by atoms with Crippen LogP contribution < -0.4 is 9.47 Å². The van der Waals surface area contributed by atoms with Gasteiger partial charge in [0.25, 0.3) is 0 Å². The molecule has 0 saturated carbocycles. The molecule has 0 atom stereocenters. The molecule has 0 aliphatic rings. The Hall–Kier alpha value is -1.51. The van der Waals surface area contributed by atoms with Crippen LogP contribution in [0, 0.1) is 0 Å². The van der Waals surface area contributed by atoms with Crippen molar-refractivity contribution in [1.29, 1.82) is 0 Å². The zero-order chi connectivity index (χ0) is 14.7. The molecule has 0 spiro atoms. The number of aryl methyl sites for hydroxylation is 1. The van der Waals surface area contributed by atoms with Gasteiger partial charge in [0.15, 0.2) is 6.29 Å². The van der Waals surface area contributed by atoms with Crippen LogP contribution in [0.4, 0.5) is 0 Å². The molecular weight excluding hydrogens is 240 g/mol. The molecule has 0 N–H and O–H groups in total. The predicted molar refractivity (Wildman–Crippen MR) is 79.5 cm³/mol. The van der Waals surface area contributed by atoms with Crippen molar-refractivity contribution in [2.24, 2.45) is 0 Å². The molecule has 0 bridgehead atoms. The van der Waals surface area contributed by atoms with Gasteiger partial charge in [0.2, 0.25) is 0 Å². The van der Waals surface area contributed by atoms with E-state index in [1.54, 1.807) is 20.3 Å². The fourth-order valence-electron chi connectivity index (χ4n) is 1.85. The van der Waals surface area contributed by atoms with Gasteiger partial charge in [-0.05, 0) is 24.5 Å². The number of methoxy groups -OCH3 is 2. The lowest BCUT2D eigenvalue weighted by Crippen LogP contribution is -1.99. The third-order valence-corrected chi connectivity index (χ3v) is 2.82. The number of hydrogen-bond acceptors (Lipinski definition) is 3. The minimum Gasteiger partial charge on any atom is -0.497 e. The van der Waals surface area contributed by atoms with E-state index in [1.807, 2.05) is 19.9 Å². The van der Waals surface area contributed by atoms with Gasteiger partial charge in [0, 0.05) is 6.07 Å². The van der Waals surface area contributed by atoms with E-state index in [4.69, 9.17) is 9.47 Å². The highest BCUT2D eigenvalue weighted by atomic mass is 16.5. The fourth-order valence-corrected chi connectivity index (χ4v) is 1.85. The summed E-state index contributed by atoms with van der Waals surface area (Å²) < 4.78 is 10.4. The lowest BCUT2D eigenvalue weighted by molar-refractivity contribution is 0.111. The smallest absolute Gasteiger partial charge is 0.154 e. The number of ether oxygens (including phenoxy) is 2. The Morgan fingerprint density at radius 1 is 1.11 bits per heavy atom. The van der Waals surface area contributed by atoms with E-state index in [0.717, 1.165) is 43.3 Å². The van der Waals surface area contributed by atoms with Crippen molar-refractivity contribution in [2.75, 3.05) is 14.2 Å². The number of aldehydes is 1. The number of hydrogen-bond donors (Lipinski definition) is 0. The third kappa shape index (κ3) is 5.33. The number of carbonyl (C=O) groups is 1. The molecule has 0 heterocycles. The van der Waals surface area contributed by atoms with Crippen molar-refractivity contribution >= 4 is 6.29 Å². The van der Waals surface area contributed by atoms with E-state index in [9.17, 15) is 4.79 Å². The van der Waals surface area contributed by atoms with Gasteiger partial charge in [0.05, 0.1) is 19.8 Å². The van der Waals surface area contributed by atoms with Crippen molar-refractivity contribution in [3.8, 4) is 11.5 Å². The lowest BCUT2D eigenvalue weighted by Gasteiger charge is -2.12. The van der Waals surface area contributed by atoms with Crippen LogP contribution in [-0.4, -0.2) is 20.5 Å². The quantitative estimate of drug-likeness (QED) is 0.546. The normalized spacial score (nSPS) is 9.32. The first kappa shape index (κ1) is 17.5. The van der Waals surface area contributed by atoms with Crippen molar-refractivity contribution in [2.45, 2.75) is 46.5 Å². The zero-order valence-electron chi connectivity index (χ0n) is 12.8. The Balaban J connectivity index is 0.00000154. The van der Waals surface area contributed by atoms with Crippen LogP contribution in [0.25, 0.3) is 0 Å². The van der Waals surface area contributed by atoms with Gasteiger partial charge in [0.1, 0.15) is 11.5 Å². The van der Waals surface area contributed by atoms with Crippen LogP contribution in [0.5, 0.6) is 11.5 Å². The molecular formula is C16H26O3. The summed E-state index contributed by atoms with van der Waals surface area (Å²) >= 11 is 0. The topological polar surface area (TPSA) is 35.5 Å². The predicted octanol–water partition coefficient (Wildman–Crippen LogP) is 4.28. The number of unbranched alkanes of at least 4 members (excludes halogenated alkanes) is 2. The van der Waals surface area contributed by atoms with Crippen LogP contribution in [-0.2, 0) is 6.42 Å². The molecule has 0 unspecified atom stereocenters. The summed E-state index contributed by atoms with van der Waals surface area (Å²) in [7, 11) is 3.18. The van der Waals surface area contributed by atoms with Crippen molar-refractivity contribution in [3.05, 3.63) is 23.3 Å². The van der Waals surface area contributed by atoms with Gasteiger partial charge in [-0.15, -0.1) is 0 Å². The second-order valence-electron chi connectivity index (χ2n) is 3.98. The molecule has 3 nitrogen and oxygen atoms in total. The highest BCUT2D eigenvalue weighted by Gasteiger charge is 2.11. The third-order valence-electron chi connectivity index (χ3n) is 2.82. The van der Waals surface area contributed by atoms with E-state index in [-0.39, 0.29) is 0 Å². The van der Waals surface area contributed by atoms with Crippen molar-refractivity contribution in [1.82, 2.24) is 0 Å². The second-order valence-corrected chi connectivity index (χ2v) is 3.98. The zero-order valence-corrected chi connectivity index (χ0v) is 12.8. The average Bonchev–Trinajstić information content (AvgIpc) is 2.48. The molecule has 0 aliphatic carbocycles. The summed E-state index contributed by atoms with van der Waals surface area (Å²) in [4.78, 5) is 11.1. The SMILES string of the molecule is CC.CCCCCc1cc(OC)cc(OC)c1C=O. The molecule has 1 rings (SSSR count). The van der Waals surface area contributed by atoms with E-state index in [0.29, 0.717) is 11.3 Å². The molecule has 0 radical (unpaired) electrons. The monoisotopic (exact) mass is 266 g/mol. The molecule has 19 heavy (non-hydrogen) atoms. The van der Waals surface area contributed by atoms with E-state index < -0.39 is 0 Å². The standard InChI is InChI=1S/C14H20O3.C2H6/c1-4-5-6-7-11-8-12(16-2)9-14(17-3)13(11)10-15;1-2/h8-10H,4-7H2,1-3H3;1-2H3. The van der Waals surface area contributed by atoms with Crippen LogP contribution >= 0.6 is 0 Å². The van der Waals surface area contributed by atoms with Crippen LogP contribution in [0.1, 0.15) is 56.0 Å². The van der Waals surface area contributed by atoms with Gasteiger partial charge in [-0.2, -0.15) is 0 Å². The molecule has 108 valence electrons. The van der Waals surface area contributed by atoms with Crippen LogP contribution in [0.2, 0.25) is 0 Å². The molecule has 1 aromatic carbocycles. The minimum absolute atomic E-state index is 0.589. The van der Waals surface area contributed by atoms with Crippen LogP contribution in [0.15, 0.2) is 12.1 Å². The molecule has 0 amide bonds. The molecule has 0 aromatic heterocycles. The summed E-state index contributed by atoms with van der Waals surface area (Å²) in [6, 6.07) is 3.66. The first-order valence-electron chi connectivity index (χ1n) is 6.96. The van der Waals surface area contributed by atoms with E-state index in [2.05, 4.69) is 6.92 Å². The van der Waals surface area contributed by atoms with E-state index >= 15 is 0 Å². The maximum Gasteiger partial charge on any atom is 0.154 e. The first-order chi connectivity index (χ1) is 9.26. The number of rotatable bonds is 7. The van der Waals surface area contributed by atoms with Gasteiger partial charge in [-0.25, -0.2) is 0 Å². The maximum absolute atomic E-state index is 11.1. The number of benzene rings is 1. The molecule has 0 saturated heterocycles. The Bertz CT molecular complexity index is 373. The molecule has 0 aliphatic heterocycles. The maximum atomic E-state index is 11.1. The molecule has 3 heteroatoms. The average molecular weight is 266 g/mol. The van der Waals surface area contributed by atoms with Gasteiger partial charge < -0.3 is 9.47 Å². The van der Waals surface area contributed by atoms with Crippen LogP contribution in [0.3, 0.4) is 0 Å². The number of carbonyl (C=O) groups excluding carboxylic acids is 1. The Morgan fingerprint density at radius 3 is 2.26 bits per heavy atom. The largest absolute Gasteiger partial charge is 0.497 e. The molecule has 1 aromatic rings. The second kappa shape index (κ2) is 10.4. The fraction of sp³-hybridized carbons (Fsp3) is 0.562. The highest BCUT2D eigenvalue weighted by molar-refractivity contribution is 5.82. The summed E-state index contributed by atoms with van der Waals surface area (Å²) in [5, 5.41) is 0. The summed E-state index contributed by atoms with van der Waals surface area (Å²) in [5.41, 5.74) is 1.65. The minimum atomic E-state index is 0.589. The van der Waals surface area contributed by atoms with Crippen molar-refractivity contribution in [3.63, 3.8) is 0 Å². The summed E-state index contributed by atoms with van der Waals surface area (Å²) in [6.45, 7) is 6.16. The Morgan fingerprint density at radius 2 is 1.79 bits per heavy atom. The summed E-state index contributed by atoms with van der Waals surface area (Å²) in [6.07, 6.45) is 5.15. The highest BCUT2D eigenvalue weighted by Crippen LogP contribution is 2.28. The first-order valence-corrected chi connectivity index (χ1v) is 6.96. The Kier molecular flexibility index (Phi) is 9.59. The lowest BCUT2D eigenvalue weighted by atomic mass is 10.0. The van der Waals surface area contributed by atoms with Gasteiger partial charge in [-0.3, -0.25) is 4.79 Å². The van der Waals surface area contributed by atoms with Crippen molar-refractivity contribution < 1.29 is 14.3 Å². The van der Waals surface area contributed by atoms with E-state index in [1.165, 1.54) is 0 Å². The van der Waals surface area contributed by atoms with Gasteiger partial charge in [-0.1, -0.05) is 33.6 Å².